The van der Waals surface area contributed by atoms with Crippen LogP contribution in [0.2, 0.25) is 0 Å². The highest BCUT2D eigenvalue weighted by molar-refractivity contribution is 7.15. The molecule has 0 bridgehead atoms. The lowest BCUT2D eigenvalue weighted by atomic mass is 9.75. The first kappa shape index (κ1) is 15.6. The van der Waals surface area contributed by atoms with Gasteiger partial charge in [-0.2, -0.15) is 0 Å². The Morgan fingerprint density at radius 3 is 3.00 bits per heavy atom. The van der Waals surface area contributed by atoms with E-state index in [4.69, 9.17) is 0 Å². The Kier molecular flexibility index (Phi) is 3.24. The van der Waals surface area contributed by atoms with E-state index in [0.29, 0.717) is 18.8 Å². The van der Waals surface area contributed by atoms with Crippen molar-refractivity contribution in [1.29, 1.82) is 0 Å². The standard InChI is InChI=1S/C19H18N4O2S/c1-21-15-6-3-2-5-13(15)19(17(21)25)7-4-8-23(12-19)16(24)14-11-22-9-10-26-18(22)20-14/h2-3,5-6,9-11H,4,7-8,12H2,1H3/t19-/m0/s1. The third-order valence-corrected chi connectivity index (χ3v) is 6.36. The quantitative estimate of drug-likeness (QED) is 0.665. The highest BCUT2D eigenvalue weighted by Crippen LogP contribution is 2.46. The van der Waals surface area contributed by atoms with Crippen LogP contribution in [0.3, 0.4) is 0 Å². The van der Waals surface area contributed by atoms with Crippen LogP contribution in [0, 0.1) is 0 Å². The number of carbonyl (C=O) groups is 2. The lowest BCUT2D eigenvalue weighted by Crippen LogP contribution is -2.53. The van der Waals surface area contributed by atoms with Gasteiger partial charge in [-0.1, -0.05) is 18.2 Å². The number of hydrogen-bond donors (Lipinski definition) is 0. The summed E-state index contributed by atoms with van der Waals surface area (Å²) in [4.78, 5) is 34.9. The normalized spacial score (nSPS) is 22.4. The largest absolute Gasteiger partial charge is 0.336 e. The number of fused-ring (bicyclic) bond motifs is 3. The molecule has 1 aromatic carbocycles. The van der Waals surface area contributed by atoms with Crippen LogP contribution in [0.5, 0.6) is 0 Å². The maximum Gasteiger partial charge on any atom is 0.274 e. The van der Waals surface area contributed by atoms with Gasteiger partial charge < -0.3 is 9.80 Å². The lowest BCUT2D eigenvalue weighted by Gasteiger charge is -2.39. The van der Waals surface area contributed by atoms with E-state index in [0.717, 1.165) is 29.1 Å². The predicted octanol–water partition coefficient (Wildman–Crippen LogP) is 2.55. The molecule has 4 heterocycles. The molecule has 3 aromatic rings. The number of likely N-dealkylation sites (tertiary alicyclic amines) is 1. The first-order chi connectivity index (χ1) is 12.6. The molecule has 2 amide bonds. The van der Waals surface area contributed by atoms with Gasteiger partial charge in [-0.15, -0.1) is 11.3 Å². The van der Waals surface area contributed by atoms with Gasteiger partial charge in [0.15, 0.2) is 4.96 Å². The summed E-state index contributed by atoms with van der Waals surface area (Å²) in [5, 5.41) is 1.94. The minimum Gasteiger partial charge on any atom is -0.336 e. The van der Waals surface area contributed by atoms with Crippen molar-refractivity contribution in [3.05, 3.63) is 53.3 Å². The van der Waals surface area contributed by atoms with Gasteiger partial charge in [0.25, 0.3) is 5.91 Å². The molecule has 7 heteroatoms. The monoisotopic (exact) mass is 366 g/mol. The van der Waals surface area contributed by atoms with Crippen LogP contribution >= 0.6 is 11.3 Å². The first-order valence-electron chi connectivity index (χ1n) is 8.69. The fourth-order valence-electron chi connectivity index (χ4n) is 4.33. The molecule has 2 aliphatic heterocycles. The number of rotatable bonds is 1. The second-order valence-electron chi connectivity index (χ2n) is 7.01. The third kappa shape index (κ3) is 2.00. The Hall–Kier alpha value is -2.67. The molecule has 1 atom stereocenters. The molecular weight excluding hydrogens is 348 g/mol. The summed E-state index contributed by atoms with van der Waals surface area (Å²) in [6.07, 6.45) is 5.25. The van der Waals surface area contributed by atoms with Gasteiger partial charge in [-0.25, -0.2) is 4.98 Å². The van der Waals surface area contributed by atoms with E-state index in [1.165, 1.54) is 11.3 Å². The Balaban J connectivity index is 1.51. The predicted molar refractivity (Wildman–Crippen MR) is 99.7 cm³/mol. The zero-order valence-corrected chi connectivity index (χ0v) is 15.2. The van der Waals surface area contributed by atoms with E-state index in [1.807, 2.05) is 47.3 Å². The molecule has 0 aliphatic carbocycles. The number of nitrogens with zero attached hydrogens (tertiary/aromatic N) is 4. The summed E-state index contributed by atoms with van der Waals surface area (Å²) in [6, 6.07) is 7.92. The van der Waals surface area contributed by atoms with Gasteiger partial charge in [0, 0.05) is 43.6 Å². The van der Waals surface area contributed by atoms with Crippen LogP contribution in [0.4, 0.5) is 5.69 Å². The minimum absolute atomic E-state index is 0.0852. The van der Waals surface area contributed by atoms with E-state index in [-0.39, 0.29) is 11.8 Å². The average molecular weight is 366 g/mol. The van der Waals surface area contributed by atoms with Crippen molar-refractivity contribution in [2.75, 3.05) is 25.0 Å². The van der Waals surface area contributed by atoms with Gasteiger partial charge in [-0.3, -0.25) is 14.0 Å². The number of thiazole rings is 1. The maximum atomic E-state index is 13.1. The second-order valence-corrected chi connectivity index (χ2v) is 7.89. The van der Waals surface area contributed by atoms with E-state index in [1.54, 1.807) is 16.0 Å². The van der Waals surface area contributed by atoms with Crippen molar-refractivity contribution in [1.82, 2.24) is 14.3 Å². The number of amides is 2. The van der Waals surface area contributed by atoms with Gasteiger partial charge >= 0.3 is 0 Å². The van der Waals surface area contributed by atoms with E-state index in [9.17, 15) is 9.59 Å². The molecule has 132 valence electrons. The Morgan fingerprint density at radius 2 is 2.15 bits per heavy atom. The van der Waals surface area contributed by atoms with Crippen molar-refractivity contribution in [2.45, 2.75) is 18.3 Å². The van der Waals surface area contributed by atoms with E-state index >= 15 is 0 Å². The lowest BCUT2D eigenvalue weighted by molar-refractivity contribution is -0.124. The minimum atomic E-state index is -0.629. The maximum absolute atomic E-state index is 13.1. The number of aromatic nitrogens is 2. The summed E-state index contributed by atoms with van der Waals surface area (Å²) < 4.78 is 1.86. The van der Waals surface area contributed by atoms with Gasteiger partial charge in [-0.05, 0) is 24.5 Å². The van der Waals surface area contributed by atoms with Crippen LogP contribution in [0.1, 0.15) is 28.9 Å². The molecular formula is C19H18N4O2S. The summed E-state index contributed by atoms with van der Waals surface area (Å²) in [5.41, 5.74) is 1.81. The van der Waals surface area contributed by atoms with Crippen LogP contribution in [-0.2, 0) is 10.2 Å². The summed E-state index contributed by atoms with van der Waals surface area (Å²) in [6.45, 7) is 1.07. The topological polar surface area (TPSA) is 57.9 Å². The smallest absolute Gasteiger partial charge is 0.274 e. The zero-order chi connectivity index (χ0) is 17.9. The molecule has 0 radical (unpaired) electrons. The summed E-state index contributed by atoms with van der Waals surface area (Å²) in [7, 11) is 1.82. The molecule has 0 N–H and O–H groups in total. The van der Waals surface area contributed by atoms with Crippen molar-refractivity contribution in [2.24, 2.45) is 0 Å². The van der Waals surface area contributed by atoms with Gasteiger partial charge in [0.2, 0.25) is 5.91 Å². The number of imidazole rings is 1. The summed E-state index contributed by atoms with van der Waals surface area (Å²) >= 11 is 1.50. The Morgan fingerprint density at radius 1 is 1.31 bits per heavy atom. The van der Waals surface area contributed by atoms with Crippen molar-refractivity contribution >= 4 is 33.8 Å². The molecule has 0 saturated carbocycles. The van der Waals surface area contributed by atoms with Crippen LogP contribution in [0.15, 0.2) is 42.0 Å². The van der Waals surface area contributed by atoms with Crippen molar-refractivity contribution in [3.63, 3.8) is 0 Å². The molecule has 5 rings (SSSR count). The van der Waals surface area contributed by atoms with Crippen LogP contribution < -0.4 is 4.90 Å². The fraction of sp³-hybridized carbons (Fsp3) is 0.316. The number of para-hydroxylation sites is 1. The molecule has 0 unspecified atom stereocenters. The van der Waals surface area contributed by atoms with E-state index in [2.05, 4.69) is 4.98 Å². The first-order valence-corrected chi connectivity index (χ1v) is 9.57. The Labute approximate surface area is 154 Å². The number of carbonyl (C=O) groups excluding carboxylic acids is 2. The number of piperidine rings is 1. The van der Waals surface area contributed by atoms with Crippen molar-refractivity contribution < 1.29 is 9.59 Å². The fourth-order valence-corrected chi connectivity index (χ4v) is 5.03. The molecule has 26 heavy (non-hydrogen) atoms. The SMILES string of the molecule is CN1C(=O)[C@]2(CCCN(C(=O)c3cn4ccsc4n3)C2)c2ccccc21. The van der Waals surface area contributed by atoms with Crippen LogP contribution in [-0.4, -0.2) is 46.2 Å². The number of benzene rings is 1. The number of likely N-dealkylation sites (N-methyl/N-ethyl adjacent to an activating group) is 1. The van der Waals surface area contributed by atoms with E-state index < -0.39 is 5.41 Å². The number of anilines is 1. The molecule has 2 aliphatic rings. The third-order valence-electron chi connectivity index (χ3n) is 5.59. The van der Waals surface area contributed by atoms with Gasteiger partial charge in [0.05, 0.1) is 5.41 Å². The molecule has 1 spiro atoms. The van der Waals surface area contributed by atoms with Crippen LogP contribution in [0.25, 0.3) is 4.96 Å². The van der Waals surface area contributed by atoms with Crippen molar-refractivity contribution in [3.8, 4) is 0 Å². The second kappa shape index (κ2) is 5.41. The highest BCUT2D eigenvalue weighted by Gasteiger charge is 2.52. The average Bonchev–Trinajstić information content (AvgIpc) is 3.32. The highest BCUT2D eigenvalue weighted by atomic mass is 32.1. The number of hydrogen-bond acceptors (Lipinski definition) is 4. The molecule has 2 aromatic heterocycles. The molecule has 1 fully saturated rings. The summed E-state index contributed by atoms with van der Waals surface area (Å²) in [5.74, 6) is -0.0122. The Bertz CT molecular complexity index is 1010. The molecule has 1 saturated heterocycles. The molecule has 6 nitrogen and oxygen atoms in total. The zero-order valence-electron chi connectivity index (χ0n) is 14.4. The van der Waals surface area contributed by atoms with Gasteiger partial charge in [0.1, 0.15) is 5.69 Å².